The number of hydrogen-bond acceptors (Lipinski definition) is 5. The molecule has 0 unspecified atom stereocenters. The van der Waals surface area contributed by atoms with Gasteiger partial charge in [-0.3, -0.25) is 9.59 Å². The first-order chi connectivity index (χ1) is 9.69. The fourth-order valence-corrected chi connectivity index (χ4v) is 3.44. The van der Waals surface area contributed by atoms with Crippen LogP contribution in [-0.4, -0.2) is 53.1 Å². The normalized spacial score (nSPS) is 29.4. The Morgan fingerprint density at radius 1 is 1.50 bits per heavy atom. The van der Waals surface area contributed by atoms with Crippen molar-refractivity contribution in [3.05, 3.63) is 22.4 Å². The molecule has 0 bridgehead atoms. The number of nitrogens with zero attached hydrogens (tertiary/aromatic N) is 1. The third kappa shape index (κ3) is 2.44. The largest absolute Gasteiger partial charge is 0.394 e. The van der Waals surface area contributed by atoms with Gasteiger partial charge in [0.15, 0.2) is 0 Å². The van der Waals surface area contributed by atoms with E-state index in [1.807, 2.05) is 11.4 Å². The molecule has 3 heterocycles. The molecule has 2 fully saturated rings. The highest BCUT2D eigenvalue weighted by Crippen LogP contribution is 2.23. The molecule has 6 nitrogen and oxygen atoms in total. The lowest BCUT2D eigenvalue weighted by atomic mass is 10.1. The van der Waals surface area contributed by atoms with Gasteiger partial charge in [0.2, 0.25) is 11.8 Å². The molecule has 7 heteroatoms. The predicted octanol–water partition coefficient (Wildman–Crippen LogP) is -0.702. The molecule has 3 rings (SSSR count). The quantitative estimate of drug-likeness (QED) is 0.686. The molecule has 108 valence electrons. The first kappa shape index (κ1) is 13.5. The number of rotatable bonds is 4. The zero-order valence-corrected chi connectivity index (χ0v) is 11.7. The Hall–Kier alpha value is -1.44. The minimum Gasteiger partial charge on any atom is -0.394 e. The number of thiophene rings is 1. The summed E-state index contributed by atoms with van der Waals surface area (Å²) in [6.45, 7) is 0.933. The highest BCUT2D eigenvalue weighted by atomic mass is 32.1. The summed E-state index contributed by atoms with van der Waals surface area (Å²) in [5.74, 6) is -0.346. The number of piperazine rings is 1. The van der Waals surface area contributed by atoms with Crippen LogP contribution in [0.1, 0.15) is 11.3 Å². The third-order valence-electron chi connectivity index (χ3n) is 3.83. The van der Waals surface area contributed by atoms with E-state index in [2.05, 4.69) is 16.7 Å². The summed E-state index contributed by atoms with van der Waals surface area (Å²) >= 11 is 1.68. The monoisotopic (exact) mass is 295 g/mol. The van der Waals surface area contributed by atoms with Gasteiger partial charge in [-0.1, -0.05) is 6.07 Å². The number of aliphatic hydroxyl groups excluding tert-OH is 1. The summed E-state index contributed by atoms with van der Waals surface area (Å²) in [4.78, 5) is 26.8. The highest BCUT2D eigenvalue weighted by molar-refractivity contribution is 7.09. The summed E-state index contributed by atoms with van der Waals surface area (Å²) in [5, 5.41) is 17.1. The van der Waals surface area contributed by atoms with E-state index < -0.39 is 12.1 Å². The van der Waals surface area contributed by atoms with Gasteiger partial charge in [0, 0.05) is 24.0 Å². The molecule has 2 aliphatic rings. The Bertz CT molecular complexity index is 505. The Morgan fingerprint density at radius 3 is 3.05 bits per heavy atom. The van der Waals surface area contributed by atoms with Gasteiger partial charge in [0.1, 0.15) is 12.1 Å². The number of fused-ring (bicyclic) bond motifs is 1. The zero-order valence-electron chi connectivity index (χ0n) is 10.9. The zero-order chi connectivity index (χ0) is 14.1. The Labute approximate surface area is 120 Å². The molecule has 1 aromatic rings. The summed E-state index contributed by atoms with van der Waals surface area (Å²) in [5.41, 5.74) is 0. The maximum atomic E-state index is 12.1. The van der Waals surface area contributed by atoms with Crippen molar-refractivity contribution in [1.29, 1.82) is 0 Å². The molecule has 0 spiro atoms. The molecule has 20 heavy (non-hydrogen) atoms. The molecule has 3 N–H and O–H groups in total. The van der Waals surface area contributed by atoms with Crippen LogP contribution >= 0.6 is 11.3 Å². The van der Waals surface area contributed by atoms with Crippen LogP contribution in [0, 0.1) is 0 Å². The van der Waals surface area contributed by atoms with Crippen LogP contribution in [0.4, 0.5) is 0 Å². The molecule has 0 aliphatic carbocycles. The first-order valence-corrected chi connectivity index (χ1v) is 7.54. The van der Waals surface area contributed by atoms with Gasteiger partial charge in [-0.15, -0.1) is 11.3 Å². The number of aliphatic hydroxyl groups is 1. The van der Waals surface area contributed by atoms with Gasteiger partial charge >= 0.3 is 0 Å². The standard InChI is InChI=1S/C13H17N3O3S/c17-7-10-13(19)16-6-8(4-11(16)12(18)15-10)14-5-9-2-1-3-20-9/h1-3,8,10-11,14,17H,4-7H2,(H,15,18)/t8-,10+,11-/m0/s1. The predicted molar refractivity (Wildman–Crippen MR) is 74.1 cm³/mol. The molecule has 0 radical (unpaired) electrons. The molecule has 0 saturated carbocycles. The minimum absolute atomic E-state index is 0.120. The van der Waals surface area contributed by atoms with Crippen molar-refractivity contribution in [2.24, 2.45) is 0 Å². The van der Waals surface area contributed by atoms with Gasteiger partial charge in [-0.25, -0.2) is 0 Å². The lowest BCUT2D eigenvalue weighted by Crippen LogP contribution is -2.62. The van der Waals surface area contributed by atoms with E-state index in [0.717, 1.165) is 6.54 Å². The van der Waals surface area contributed by atoms with Crippen molar-refractivity contribution in [2.45, 2.75) is 31.1 Å². The highest BCUT2D eigenvalue weighted by Gasteiger charge is 2.45. The van der Waals surface area contributed by atoms with Crippen LogP contribution in [0.15, 0.2) is 17.5 Å². The van der Waals surface area contributed by atoms with Crippen LogP contribution in [0.2, 0.25) is 0 Å². The average Bonchev–Trinajstić information content (AvgIpc) is 3.09. The second-order valence-electron chi connectivity index (χ2n) is 5.14. The fourth-order valence-electron chi connectivity index (χ4n) is 2.79. The van der Waals surface area contributed by atoms with Crippen molar-refractivity contribution < 1.29 is 14.7 Å². The third-order valence-corrected chi connectivity index (χ3v) is 4.71. The second-order valence-corrected chi connectivity index (χ2v) is 6.18. The van der Waals surface area contributed by atoms with E-state index in [0.29, 0.717) is 13.0 Å². The maximum absolute atomic E-state index is 12.1. The summed E-state index contributed by atoms with van der Waals surface area (Å²) in [6, 6.07) is 3.00. The molecule has 2 saturated heterocycles. The Balaban J connectivity index is 1.62. The van der Waals surface area contributed by atoms with Crippen LogP contribution in [0.3, 0.4) is 0 Å². The van der Waals surface area contributed by atoms with E-state index in [1.54, 1.807) is 16.2 Å². The van der Waals surface area contributed by atoms with E-state index >= 15 is 0 Å². The SMILES string of the molecule is O=C1N[C@H](CO)C(=O)N2C[C@@H](NCc3cccs3)C[C@@H]12. The maximum Gasteiger partial charge on any atom is 0.248 e. The molecule has 0 aromatic carbocycles. The molecule has 2 amide bonds. The van der Waals surface area contributed by atoms with Crippen molar-refractivity contribution in [1.82, 2.24) is 15.5 Å². The smallest absolute Gasteiger partial charge is 0.248 e. The van der Waals surface area contributed by atoms with Crippen LogP contribution in [0.25, 0.3) is 0 Å². The van der Waals surface area contributed by atoms with Crippen molar-refractivity contribution in [3.63, 3.8) is 0 Å². The number of carbonyl (C=O) groups excluding carboxylic acids is 2. The minimum atomic E-state index is -0.783. The molecule has 2 aliphatic heterocycles. The van der Waals surface area contributed by atoms with E-state index in [1.165, 1.54) is 4.88 Å². The lowest BCUT2D eigenvalue weighted by molar-refractivity contribution is -0.148. The van der Waals surface area contributed by atoms with E-state index in [4.69, 9.17) is 5.11 Å². The molecule has 1 aromatic heterocycles. The second kappa shape index (κ2) is 5.51. The number of carbonyl (C=O) groups is 2. The van der Waals surface area contributed by atoms with Gasteiger partial charge in [0.25, 0.3) is 0 Å². The lowest BCUT2D eigenvalue weighted by Gasteiger charge is -2.33. The van der Waals surface area contributed by atoms with Crippen molar-refractivity contribution in [3.8, 4) is 0 Å². The van der Waals surface area contributed by atoms with Crippen molar-refractivity contribution >= 4 is 23.2 Å². The van der Waals surface area contributed by atoms with Gasteiger partial charge in [-0.05, 0) is 17.9 Å². The van der Waals surface area contributed by atoms with Crippen molar-refractivity contribution in [2.75, 3.05) is 13.2 Å². The molecule has 3 atom stereocenters. The molecular formula is C13H17N3O3S. The summed E-state index contributed by atoms with van der Waals surface area (Å²) < 4.78 is 0. The van der Waals surface area contributed by atoms with Crippen LogP contribution in [0.5, 0.6) is 0 Å². The molecular weight excluding hydrogens is 278 g/mol. The van der Waals surface area contributed by atoms with Crippen LogP contribution in [-0.2, 0) is 16.1 Å². The number of hydrogen-bond donors (Lipinski definition) is 3. The Kier molecular flexibility index (Phi) is 3.73. The average molecular weight is 295 g/mol. The van der Waals surface area contributed by atoms with Gasteiger partial charge in [0.05, 0.1) is 6.61 Å². The topological polar surface area (TPSA) is 81.7 Å². The summed E-state index contributed by atoms with van der Waals surface area (Å²) in [7, 11) is 0. The van der Waals surface area contributed by atoms with Gasteiger partial charge < -0.3 is 20.6 Å². The van der Waals surface area contributed by atoms with E-state index in [-0.39, 0.29) is 24.5 Å². The summed E-state index contributed by atoms with van der Waals surface area (Å²) in [6.07, 6.45) is 0.626. The first-order valence-electron chi connectivity index (χ1n) is 6.66. The Morgan fingerprint density at radius 2 is 2.35 bits per heavy atom. The number of amides is 2. The van der Waals surface area contributed by atoms with Crippen LogP contribution < -0.4 is 10.6 Å². The van der Waals surface area contributed by atoms with Gasteiger partial charge in [-0.2, -0.15) is 0 Å². The number of nitrogens with one attached hydrogen (secondary N) is 2. The van der Waals surface area contributed by atoms with E-state index in [9.17, 15) is 9.59 Å². The fraction of sp³-hybridized carbons (Fsp3) is 0.538.